The van der Waals surface area contributed by atoms with E-state index in [4.69, 9.17) is 0 Å². The molecule has 0 spiro atoms. The predicted molar refractivity (Wildman–Crippen MR) is 73.9 cm³/mol. The maximum atomic E-state index is 11.0. The molecule has 1 unspecified atom stereocenters. The van der Waals surface area contributed by atoms with Crippen LogP contribution in [0.1, 0.15) is 5.56 Å². The Morgan fingerprint density at radius 3 is 2.88 bits per heavy atom. The van der Waals surface area contributed by atoms with Gasteiger partial charge in [-0.1, -0.05) is 18.2 Å². The lowest BCUT2D eigenvalue weighted by Gasteiger charge is -2.09. The molecule has 0 radical (unpaired) electrons. The molecule has 0 fully saturated rings. The molecule has 0 amide bonds. The van der Waals surface area contributed by atoms with E-state index < -0.39 is 10.8 Å². The van der Waals surface area contributed by atoms with Crippen LogP contribution in [0.5, 0.6) is 0 Å². The Kier molecular flexibility index (Phi) is 3.74. The van der Waals surface area contributed by atoms with Crippen molar-refractivity contribution in [2.45, 2.75) is 6.92 Å². The van der Waals surface area contributed by atoms with Crippen molar-refractivity contribution in [1.29, 1.82) is 0 Å². The van der Waals surface area contributed by atoms with E-state index in [1.807, 2.05) is 25.1 Å². The SMILES string of the molecule is Cc1cc2ccccc2nc1NCCS(C)=O. The fraction of sp³-hybridized carbons (Fsp3) is 0.308. The van der Waals surface area contributed by atoms with Crippen molar-refractivity contribution >= 4 is 27.5 Å². The van der Waals surface area contributed by atoms with E-state index in [-0.39, 0.29) is 0 Å². The van der Waals surface area contributed by atoms with Crippen molar-refractivity contribution < 1.29 is 4.21 Å². The minimum atomic E-state index is -0.763. The Hall–Kier alpha value is -1.42. The van der Waals surface area contributed by atoms with Crippen molar-refractivity contribution in [3.05, 3.63) is 35.9 Å². The highest BCUT2D eigenvalue weighted by atomic mass is 32.2. The molecule has 90 valence electrons. The standard InChI is InChI=1S/C13H16N2OS/c1-10-9-11-5-3-4-6-12(11)15-13(10)14-7-8-17(2)16/h3-6,9H,7-8H2,1-2H3,(H,14,15). The quantitative estimate of drug-likeness (QED) is 0.903. The summed E-state index contributed by atoms with van der Waals surface area (Å²) in [6.07, 6.45) is 1.71. The van der Waals surface area contributed by atoms with Gasteiger partial charge >= 0.3 is 0 Å². The average molecular weight is 248 g/mol. The largest absolute Gasteiger partial charge is 0.369 e. The maximum absolute atomic E-state index is 11.0. The number of rotatable bonds is 4. The molecule has 17 heavy (non-hydrogen) atoms. The number of nitrogens with one attached hydrogen (secondary N) is 1. The smallest absolute Gasteiger partial charge is 0.129 e. The highest BCUT2D eigenvalue weighted by Gasteiger charge is 2.02. The Morgan fingerprint density at radius 2 is 2.12 bits per heavy atom. The Balaban J connectivity index is 2.22. The number of fused-ring (bicyclic) bond motifs is 1. The van der Waals surface area contributed by atoms with E-state index in [2.05, 4.69) is 22.4 Å². The van der Waals surface area contributed by atoms with Crippen LogP contribution in [-0.4, -0.2) is 27.7 Å². The zero-order valence-electron chi connectivity index (χ0n) is 10.1. The number of para-hydroxylation sites is 1. The lowest BCUT2D eigenvalue weighted by atomic mass is 10.1. The van der Waals surface area contributed by atoms with Gasteiger partial charge in [0.25, 0.3) is 0 Å². The van der Waals surface area contributed by atoms with E-state index in [0.29, 0.717) is 12.3 Å². The number of hydrogen-bond acceptors (Lipinski definition) is 3. The number of benzene rings is 1. The normalized spacial score (nSPS) is 12.6. The summed E-state index contributed by atoms with van der Waals surface area (Å²) in [7, 11) is -0.763. The first kappa shape index (κ1) is 12.0. The number of nitrogens with zero attached hydrogens (tertiary/aromatic N) is 1. The van der Waals surface area contributed by atoms with Gasteiger partial charge < -0.3 is 5.32 Å². The summed E-state index contributed by atoms with van der Waals surface area (Å²) in [5.41, 5.74) is 2.10. The van der Waals surface area contributed by atoms with Crippen LogP contribution in [-0.2, 0) is 10.8 Å². The molecule has 4 heteroatoms. The molecular formula is C13H16N2OS. The number of pyridine rings is 1. The highest BCUT2D eigenvalue weighted by Crippen LogP contribution is 2.19. The Labute approximate surface area is 104 Å². The molecule has 2 aromatic rings. The van der Waals surface area contributed by atoms with E-state index in [1.54, 1.807) is 6.26 Å². The molecule has 3 nitrogen and oxygen atoms in total. The van der Waals surface area contributed by atoms with Crippen LogP contribution < -0.4 is 5.32 Å². The summed E-state index contributed by atoms with van der Waals surface area (Å²) >= 11 is 0. The second kappa shape index (κ2) is 5.27. The van der Waals surface area contributed by atoms with Crippen LogP contribution >= 0.6 is 0 Å². The molecule has 0 bridgehead atoms. The van der Waals surface area contributed by atoms with E-state index in [0.717, 1.165) is 22.3 Å². The molecule has 1 heterocycles. The van der Waals surface area contributed by atoms with Gasteiger partial charge in [-0.2, -0.15) is 0 Å². The van der Waals surface area contributed by atoms with Crippen LogP contribution in [0.25, 0.3) is 10.9 Å². The molecule has 0 saturated carbocycles. The highest BCUT2D eigenvalue weighted by molar-refractivity contribution is 7.84. The van der Waals surface area contributed by atoms with Crippen molar-refractivity contribution in [2.75, 3.05) is 23.9 Å². The summed E-state index contributed by atoms with van der Waals surface area (Å²) < 4.78 is 11.0. The summed E-state index contributed by atoms with van der Waals surface area (Å²) in [4.78, 5) is 4.56. The second-order valence-electron chi connectivity index (χ2n) is 4.05. The van der Waals surface area contributed by atoms with Crippen LogP contribution in [0.15, 0.2) is 30.3 Å². The van der Waals surface area contributed by atoms with Gasteiger partial charge in [0.05, 0.1) is 5.52 Å². The Bertz CT molecular complexity index is 554. The lowest BCUT2D eigenvalue weighted by Crippen LogP contribution is -2.11. The fourth-order valence-electron chi connectivity index (χ4n) is 1.71. The van der Waals surface area contributed by atoms with Gasteiger partial charge in [-0.05, 0) is 24.6 Å². The number of anilines is 1. The molecule has 1 atom stereocenters. The van der Waals surface area contributed by atoms with Crippen molar-refractivity contribution in [3.8, 4) is 0 Å². The maximum Gasteiger partial charge on any atom is 0.129 e. The third-order valence-electron chi connectivity index (χ3n) is 2.60. The predicted octanol–water partition coefficient (Wildman–Crippen LogP) is 2.33. The molecule has 2 rings (SSSR count). The van der Waals surface area contributed by atoms with Crippen LogP contribution in [0, 0.1) is 6.92 Å². The molecule has 0 aliphatic heterocycles. The van der Waals surface area contributed by atoms with Crippen LogP contribution in [0.2, 0.25) is 0 Å². The molecule has 1 aromatic heterocycles. The first-order chi connectivity index (χ1) is 8.16. The molecule has 1 aromatic carbocycles. The van der Waals surface area contributed by atoms with Gasteiger partial charge in [0.2, 0.25) is 0 Å². The topological polar surface area (TPSA) is 42.0 Å². The van der Waals surface area contributed by atoms with Crippen molar-refractivity contribution in [1.82, 2.24) is 4.98 Å². The van der Waals surface area contributed by atoms with Gasteiger partial charge in [0.15, 0.2) is 0 Å². The second-order valence-corrected chi connectivity index (χ2v) is 5.61. The van der Waals surface area contributed by atoms with Gasteiger partial charge in [-0.25, -0.2) is 4.98 Å². The average Bonchev–Trinajstić information content (AvgIpc) is 2.29. The summed E-state index contributed by atoms with van der Waals surface area (Å²) in [5.74, 6) is 1.53. The molecule has 1 N–H and O–H groups in total. The van der Waals surface area contributed by atoms with E-state index in [1.165, 1.54) is 0 Å². The third kappa shape index (κ3) is 3.03. The monoisotopic (exact) mass is 248 g/mol. The van der Waals surface area contributed by atoms with Gasteiger partial charge in [-0.15, -0.1) is 0 Å². The number of hydrogen-bond donors (Lipinski definition) is 1. The number of aromatic nitrogens is 1. The first-order valence-electron chi connectivity index (χ1n) is 5.57. The Morgan fingerprint density at radius 1 is 1.35 bits per heavy atom. The zero-order valence-corrected chi connectivity index (χ0v) is 10.9. The molecule has 0 aliphatic rings. The number of aryl methyl sites for hydroxylation is 1. The third-order valence-corrected chi connectivity index (χ3v) is 3.38. The van der Waals surface area contributed by atoms with Gasteiger partial charge in [0, 0.05) is 34.7 Å². The van der Waals surface area contributed by atoms with Gasteiger partial charge in [0.1, 0.15) is 5.82 Å². The minimum Gasteiger partial charge on any atom is -0.369 e. The van der Waals surface area contributed by atoms with E-state index in [9.17, 15) is 4.21 Å². The minimum absolute atomic E-state index is 0.647. The summed E-state index contributed by atoms with van der Waals surface area (Å²) in [6.45, 7) is 2.72. The van der Waals surface area contributed by atoms with Crippen molar-refractivity contribution in [3.63, 3.8) is 0 Å². The van der Waals surface area contributed by atoms with Crippen molar-refractivity contribution in [2.24, 2.45) is 0 Å². The first-order valence-corrected chi connectivity index (χ1v) is 7.30. The van der Waals surface area contributed by atoms with Crippen LogP contribution in [0.4, 0.5) is 5.82 Å². The molecule has 0 aliphatic carbocycles. The summed E-state index contributed by atoms with van der Waals surface area (Å²) in [6, 6.07) is 10.2. The zero-order chi connectivity index (χ0) is 12.3. The molecular weight excluding hydrogens is 232 g/mol. The summed E-state index contributed by atoms with van der Waals surface area (Å²) in [5, 5.41) is 4.38. The van der Waals surface area contributed by atoms with Crippen LogP contribution in [0.3, 0.4) is 0 Å². The van der Waals surface area contributed by atoms with E-state index >= 15 is 0 Å². The molecule has 0 saturated heterocycles. The van der Waals surface area contributed by atoms with Gasteiger partial charge in [-0.3, -0.25) is 4.21 Å². The lowest BCUT2D eigenvalue weighted by molar-refractivity contribution is 0.687. The fourth-order valence-corrected chi connectivity index (χ4v) is 2.10.